The summed E-state index contributed by atoms with van der Waals surface area (Å²) in [5, 5.41) is 24.4. The van der Waals surface area contributed by atoms with Crippen molar-refractivity contribution < 1.29 is 10.0 Å². The molecule has 0 aliphatic carbocycles. The van der Waals surface area contributed by atoms with Crippen LogP contribution in [0.25, 0.3) is 0 Å². The number of nitro groups is 1. The van der Waals surface area contributed by atoms with Gasteiger partial charge in [-0.15, -0.1) is 0 Å². The van der Waals surface area contributed by atoms with Crippen LogP contribution in [0.1, 0.15) is 30.4 Å². The first-order chi connectivity index (χ1) is 11.5. The van der Waals surface area contributed by atoms with Crippen LogP contribution in [0.4, 0.5) is 5.69 Å². The summed E-state index contributed by atoms with van der Waals surface area (Å²) in [6, 6.07) is 14.4. The quantitative estimate of drug-likeness (QED) is 0.560. The second-order valence-electron chi connectivity index (χ2n) is 5.86. The summed E-state index contributed by atoms with van der Waals surface area (Å²) in [5.41, 5.74) is 1.87. The lowest BCUT2D eigenvalue weighted by molar-refractivity contribution is -0.384. The molecule has 0 aliphatic rings. The third-order valence-electron chi connectivity index (χ3n) is 3.84. The van der Waals surface area contributed by atoms with E-state index in [1.807, 2.05) is 30.3 Å². The van der Waals surface area contributed by atoms with E-state index in [0.29, 0.717) is 30.1 Å². The summed E-state index contributed by atoms with van der Waals surface area (Å²) < 4.78 is 0. The molecule has 0 aliphatic heterocycles. The normalized spacial score (nSPS) is 13.5. The average Bonchev–Trinajstić information content (AvgIpc) is 2.55. The molecule has 2 rings (SSSR count). The van der Waals surface area contributed by atoms with Crippen LogP contribution in [0.5, 0.6) is 0 Å². The van der Waals surface area contributed by atoms with Gasteiger partial charge in [0.15, 0.2) is 0 Å². The molecular formula is C18H21ClN2O3. The number of nitrogens with zero attached hydrogens (tertiary/aromatic N) is 1. The minimum absolute atomic E-state index is 0.0276. The minimum Gasteiger partial charge on any atom is -0.393 e. The van der Waals surface area contributed by atoms with E-state index in [9.17, 15) is 15.2 Å². The van der Waals surface area contributed by atoms with Crippen molar-refractivity contribution in [2.75, 3.05) is 6.54 Å². The zero-order chi connectivity index (χ0) is 17.5. The van der Waals surface area contributed by atoms with Crippen LogP contribution in [0.15, 0.2) is 48.5 Å². The van der Waals surface area contributed by atoms with E-state index in [0.717, 1.165) is 5.56 Å². The van der Waals surface area contributed by atoms with Crippen molar-refractivity contribution >= 4 is 17.3 Å². The van der Waals surface area contributed by atoms with Crippen molar-refractivity contribution in [3.8, 4) is 0 Å². The SMILES string of the molecule is CC(O)CC(CNCc1cc([N+](=O)[O-])ccc1Cl)c1ccccc1. The van der Waals surface area contributed by atoms with Crippen LogP contribution in [-0.4, -0.2) is 22.7 Å². The molecule has 0 bridgehead atoms. The summed E-state index contributed by atoms with van der Waals surface area (Å²) in [6.45, 7) is 2.85. The molecule has 2 aromatic rings. The number of aliphatic hydroxyl groups is 1. The van der Waals surface area contributed by atoms with E-state index < -0.39 is 11.0 Å². The van der Waals surface area contributed by atoms with Gasteiger partial charge in [-0.2, -0.15) is 0 Å². The third-order valence-corrected chi connectivity index (χ3v) is 4.21. The minimum atomic E-state index is -0.431. The van der Waals surface area contributed by atoms with E-state index in [2.05, 4.69) is 5.32 Å². The Hall–Kier alpha value is -1.95. The van der Waals surface area contributed by atoms with Gasteiger partial charge in [-0.3, -0.25) is 10.1 Å². The largest absolute Gasteiger partial charge is 0.393 e. The highest BCUT2D eigenvalue weighted by atomic mass is 35.5. The molecule has 0 radical (unpaired) electrons. The maximum absolute atomic E-state index is 10.9. The molecular weight excluding hydrogens is 328 g/mol. The Morgan fingerprint density at radius 3 is 2.58 bits per heavy atom. The van der Waals surface area contributed by atoms with Crippen molar-refractivity contribution in [3.63, 3.8) is 0 Å². The summed E-state index contributed by atoms with van der Waals surface area (Å²) >= 11 is 6.11. The van der Waals surface area contributed by atoms with Gasteiger partial charge in [0.25, 0.3) is 5.69 Å². The van der Waals surface area contributed by atoms with Crippen LogP contribution < -0.4 is 5.32 Å². The Balaban J connectivity index is 2.02. The lowest BCUT2D eigenvalue weighted by Crippen LogP contribution is -2.24. The van der Waals surface area contributed by atoms with Crippen LogP contribution in [-0.2, 0) is 6.54 Å². The highest BCUT2D eigenvalue weighted by molar-refractivity contribution is 6.31. The van der Waals surface area contributed by atoms with Crippen molar-refractivity contribution in [1.29, 1.82) is 0 Å². The molecule has 2 N–H and O–H groups in total. The van der Waals surface area contributed by atoms with E-state index >= 15 is 0 Å². The van der Waals surface area contributed by atoms with Gasteiger partial charge in [-0.05, 0) is 36.5 Å². The number of nitrogens with one attached hydrogen (secondary N) is 1. The fourth-order valence-corrected chi connectivity index (χ4v) is 2.85. The Bertz CT molecular complexity index is 677. The van der Waals surface area contributed by atoms with Crippen LogP contribution >= 0.6 is 11.6 Å². The van der Waals surface area contributed by atoms with Gasteiger partial charge >= 0.3 is 0 Å². The average molecular weight is 349 g/mol. The van der Waals surface area contributed by atoms with Crippen molar-refractivity contribution in [3.05, 3.63) is 74.8 Å². The maximum Gasteiger partial charge on any atom is 0.269 e. The molecule has 5 nitrogen and oxygen atoms in total. The second-order valence-corrected chi connectivity index (χ2v) is 6.26. The number of rotatable bonds is 8. The molecule has 2 aromatic carbocycles. The highest BCUT2D eigenvalue weighted by Crippen LogP contribution is 2.23. The maximum atomic E-state index is 10.9. The smallest absolute Gasteiger partial charge is 0.269 e. The Kier molecular flexibility index (Phi) is 6.73. The lowest BCUT2D eigenvalue weighted by atomic mass is 9.93. The third kappa shape index (κ3) is 5.30. The van der Waals surface area contributed by atoms with E-state index in [1.165, 1.54) is 12.1 Å². The molecule has 6 heteroatoms. The zero-order valence-corrected chi connectivity index (χ0v) is 14.2. The first-order valence-electron chi connectivity index (χ1n) is 7.84. The number of non-ortho nitro benzene ring substituents is 1. The first-order valence-corrected chi connectivity index (χ1v) is 8.21. The number of benzene rings is 2. The Labute approximate surface area is 146 Å². The van der Waals surface area contributed by atoms with Crippen molar-refractivity contribution in [2.24, 2.45) is 0 Å². The molecule has 0 aromatic heterocycles. The molecule has 24 heavy (non-hydrogen) atoms. The molecule has 2 unspecified atom stereocenters. The molecule has 0 heterocycles. The van der Waals surface area contributed by atoms with E-state index in [-0.39, 0.29) is 11.6 Å². The van der Waals surface area contributed by atoms with Gasteiger partial charge in [0.05, 0.1) is 11.0 Å². The number of nitro benzene ring substituents is 1. The predicted molar refractivity (Wildman–Crippen MR) is 95.3 cm³/mol. The van der Waals surface area contributed by atoms with Gasteiger partial charge in [-0.25, -0.2) is 0 Å². The number of halogens is 1. The summed E-state index contributed by atoms with van der Waals surface area (Å²) in [7, 11) is 0. The lowest BCUT2D eigenvalue weighted by Gasteiger charge is -2.20. The molecule has 2 atom stereocenters. The molecule has 128 valence electrons. The number of hydrogen-bond donors (Lipinski definition) is 2. The van der Waals surface area contributed by atoms with Gasteiger partial charge in [0, 0.05) is 30.2 Å². The first kappa shape index (κ1) is 18.4. The fourth-order valence-electron chi connectivity index (χ4n) is 2.67. The van der Waals surface area contributed by atoms with E-state index in [4.69, 9.17) is 11.6 Å². The number of aliphatic hydroxyl groups excluding tert-OH is 1. The molecule has 0 fully saturated rings. The molecule has 0 saturated carbocycles. The van der Waals surface area contributed by atoms with Gasteiger partial charge < -0.3 is 10.4 Å². The van der Waals surface area contributed by atoms with Crippen molar-refractivity contribution in [1.82, 2.24) is 5.32 Å². The summed E-state index contributed by atoms with van der Waals surface area (Å²) in [5.74, 6) is 0.156. The zero-order valence-electron chi connectivity index (χ0n) is 13.5. The fraction of sp³-hybridized carbons (Fsp3) is 0.333. The standard InChI is InChI=1S/C18H21ClN2O3/c1-13(22)9-15(14-5-3-2-4-6-14)11-20-12-16-10-17(21(23)24)7-8-18(16)19/h2-8,10,13,15,20,22H,9,11-12H2,1H3. The Morgan fingerprint density at radius 2 is 1.96 bits per heavy atom. The van der Waals surface area contributed by atoms with Crippen LogP contribution in [0.2, 0.25) is 5.02 Å². The monoisotopic (exact) mass is 348 g/mol. The van der Waals surface area contributed by atoms with Gasteiger partial charge in [-0.1, -0.05) is 41.9 Å². The highest BCUT2D eigenvalue weighted by Gasteiger charge is 2.15. The van der Waals surface area contributed by atoms with Gasteiger partial charge in [0.1, 0.15) is 0 Å². The summed E-state index contributed by atoms with van der Waals surface area (Å²) in [6.07, 6.45) is 0.234. The van der Waals surface area contributed by atoms with E-state index in [1.54, 1.807) is 13.0 Å². The molecule has 0 saturated heterocycles. The topological polar surface area (TPSA) is 75.4 Å². The number of hydrogen-bond acceptors (Lipinski definition) is 4. The summed E-state index contributed by atoms with van der Waals surface area (Å²) in [4.78, 5) is 10.4. The predicted octanol–water partition coefficient (Wildman–Crippen LogP) is 3.89. The van der Waals surface area contributed by atoms with Crippen LogP contribution in [0.3, 0.4) is 0 Å². The molecule has 0 amide bonds. The Morgan fingerprint density at radius 1 is 1.25 bits per heavy atom. The second kappa shape index (κ2) is 8.78. The van der Waals surface area contributed by atoms with Gasteiger partial charge in [0.2, 0.25) is 0 Å². The molecule has 0 spiro atoms. The van der Waals surface area contributed by atoms with Crippen molar-refractivity contribution in [2.45, 2.75) is 31.9 Å². The van der Waals surface area contributed by atoms with Crippen LogP contribution in [0, 0.1) is 10.1 Å².